The molecule has 0 radical (unpaired) electrons. The van der Waals surface area contributed by atoms with Gasteiger partial charge < -0.3 is 15.3 Å². The molecule has 2 rings (SSSR count). The molecule has 1 amide bonds. The Morgan fingerprint density at radius 2 is 2.20 bits per heavy atom. The van der Waals surface area contributed by atoms with Crippen LogP contribution in [0.15, 0.2) is 12.1 Å². The number of nitrogens with zero attached hydrogens (tertiary/aromatic N) is 3. The molecule has 2 N–H and O–H groups in total. The van der Waals surface area contributed by atoms with Gasteiger partial charge in [-0.05, 0) is 25.0 Å². The summed E-state index contributed by atoms with van der Waals surface area (Å²) < 4.78 is 0. The Morgan fingerprint density at radius 1 is 1.45 bits per heavy atom. The highest BCUT2D eigenvalue weighted by Gasteiger charge is 2.43. The molecule has 108 valence electrons. The molecule has 0 spiro atoms. The Balaban J connectivity index is 2.14. The third-order valence-electron chi connectivity index (χ3n) is 3.92. The Labute approximate surface area is 117 Å². The minimum atomic E-state index is -0.766. The summed E-state index contributed by atoms with van der Waals surface area (Å²) in [5.41, 5.74) is -0.461. The van der Waals surface area contributed by atoms with Gasteiger partial charge in [-0.3, -0.25) is 9.59 Å². The van der Waals surface area contributed by atoms with Gasteiger partial charge in [-0.25, -0.2) is 0 Å². The van der Waals surface area contributed by atoms with Crippen molar-refractivity contribution in [1.29, 1.82) is 0 Å². The SMILES string of the molecule is CCC1(C(=O)O)CCN(c2ccc(C(=O)NC)nn2)C1. The fourth-order valence-electron chi connectivity index (χ4n) is 2.43. The number of carbonyl (C=O) groups excluding carboxylic acids is 1. The van der Waals surface area contributed by atoms with Gasteiger partial charge in [0.2, 0.25) is 0 Å². The molecule has 1 aromatic heterocycles. The summed E-state index contributed by atoms with van der Waals surface area (Å²) in [5.74, 6) is -0.453. The van der Waals surface area contributed by atoms with Gasteiger partial charge in [0.1, 0.15) is 0 Å². The smallest absolute Gasteiger partial charge is 0.311 e. The number of hydrogen-bond acceptors (Lipinski definition) is 5. The van der Waals surface area contributed by atoms with Gasteiger partial charge in [-0.2, -0.15) is 0 Å². The highest BCUT2D eigenvalue weighted by atomic mass is 16.4. The second kappa shape index (κ2) is 5.44. The van der Waals surface area contributed by atoms with Gasteiger partial charge in [0.25, 0.3) is 5.91 Å². The second-order valence-corrected chi connectivity index (χ2v) is 4.97. The van der Waals surface area contributed by atoms with E-state index in [4.69, 9.17) is 0 Å². The molecule has 0 aliphatic carbocycles. The van der Waals surface area contributed by atoms with Crippen LogP contribution >= 0.6 is 0 Å². The summed E-state index contributed by atoms with van der Waals surface area (Å²) in [6.45, 7) is 2.94. The number of carboxylic acid groups (broad SMARTS) is 1. The van der Waals surface area contributed by atoms with Crippen LogP contribution in [-0.2, 0) is 4.79 Å². The van der Waals surface area contributed by atoms with Crippen molar-refractivity contribution in [3.05, 3.63) is 17.8 Å². The van der Waals surface area contributed by atoms with Crippen molar-refractivity contribution >= 4 is 17.7 Å². The predicted molar refractivity (Wildman–Crippen MR) is 72.6 cm³/mol. The number of carbonyl (C=O) groups is 2. The van der Waals surface area contributed by atoms with E-state index in [2.05, 4.69) is 15.5 Å². The summed E-state index contributed by atoms with van der Waals surface area (Å²) >= 11 is 0. The average Bonchev–Trinajstić information content (AvgIpc) is 2.92. The molecule has 20 heavy (non-hydrogen) atoms. The monoisotopic (exact) mass is 278 g/mol. The van der Waals surface area contributed by atoms with E-state index >= 15 is 0 Å². The predicted octanol–water partition coefficient (Wildman–Crippen LogP) is 0.527. The summed E-state index contributed by atoms with van der Waals surface area (Å²) in [4.78, 5) is 24.7. The van der Waals surface area contributed by atoms with Gasteiger partial charge in [0.05, 0.1) is 5.41 Å². The van der Waals surface area contributed by atoms with E-state index < -0.39 is 11.4 Å². The molecule has 1 saturated heterocycles. The molecule has 0 aromatic carbocycles. The van der Waals surface area contributed by atoms with E-state index in [0.29, 0.717) is 31.7 Å². The maximum Gasteiger partial charge on any atom is 0.311 e. The van der Waals surface area contributed by atoms with Crippen molar-refractivity contribution in [2.45, 2.75) is 19.8 Å². The largest absolute Gasteiger partial charge is 0.481 e. The lowest BCUT2D eigenvalue weighted by atomic mass is 9.84. The van der Waals surface area contributed by atoms with Crippen molar-refractivity contribution in [2.24, 2.45) is 5.41 Å². The Bertz CT molecular complexity index is 517. The third-order valence-corrected chi connectivity index (χ3v) is 3.92. The Hall–Kier alpha value is -2.18. The first kappa shape index (κ1) is 14.2. The van der Waals surface area contributed by atoms with Gasteiger partial charge in [-0.15, -0.1) is 10.2 Å². The van der Waals surface area contributed by atoms with Crippen LogP contribution in [0.1, 0.15) is 30.3 Å². The zero-order chi connectivity index (χ0) is 14.8. The van der Waals surface area contributed by atoms with Crippen molar-refractivity contribution in [1.82, 2.24) is 15.5 Å². The summed E-state index contributed by atoms with van der Waals surface area (Å²) in [6.07, 6.45) is 1.18. The number of carboxylic acids is 1. The maximum absolute atomic E-state index is 11.4. The summed E-state index contributed by atoms with van der Waals surface area (Å²) in [7, 11) is 1.53. The van der Waals surface area contributed by atoms with E-state index in [-0.39, 0.29) is 11.6 Å². The molecule has 1 atom stereocenters. The number of anilines is 1. The van der Waals surface area contributed by atoms with Gasteiger partial charge in [-0.1, -0.05) is 6.92 Å². The van der Waals surface area contributed by atoms with Crippen LogP contribution in [0.2, 0.25) is 0 Å². The number of amides is 1. The lowest BCUT2D eigenvalue weighted by Gasteiger charge is -2.23. The van der Waals surface area contributed by atoms with Crippen LogP contribution < -0.4 is 10.2 Å². The van der Waals surface area contributed by atoms with E-state index in [1.165, 1.54) is 7.05 Å². The van der Waals surface area contributed by atoms with E-state index in [1.54, 1.807) is 12.1 Å². The molecular formula is C13H18N4O3. The van der Waals surface area contributed by atoms with E-state index in [1.807, 2.05) is 11.8 Å². The normalized spacial score (nSPS) is 21.8. The van der Waals surface area contributed by atoms with Crippen LogP contribution in [0.4, 0.5) is 5.82 Å². The maximum atomic E-state index is 11.4. The average molecular weight is 278 g/mol. The molecule has 1 aliphatic rings. The number of aromatic nitrogens is 2. The minimum Gasteiger partial charge on any atom is -0.481 e. The molecule has 0 bridgehead atoms. The molecular weight excluding hydrogens is 260 g/mol. The second-order valence-electron chi connectivity index (χ2n) is 4.97. The fraction of sp³-hybridized carbons (Fsp3) is 0.538. The molecule has 0 saturated carbocycles. The molecule has 2 heterocycles. The first-order chi connectivity index (χ1) is 9.52. The summed E-state index contributed by atoms with van der Waals surface area (Å²) in [5, 5.41) is 19.7. The number of nitrogens with one attached hydrogen (secondary N) is 1. The quantitative estimate of drug-likeness (QED) is 0.834. The lowest BCUT2D eigenvalue weighted by Crippen LogP contribution is -2.34. The summed E-state index contributed by atoms with van der Waals surface area (Å²) in [6, 6.07) is 3.29. The van der Waals surface area contributed by atoms with Crippen LogP contribution in [0.25, 0.3) is 0 Å². The van der Waals surface area contributed by atoms with E-state index in [0.717, 1.165) is 0 Å². The molecule has 1 aromatic rings. The van der Waals surface area contributed by atoms with Crippen LogP contribution in [0.5, 0.6) is 0 Å². The van der Waals surface area contributed by atoms with Crippen molar-refractivity contribution < 1.29 is 14.7 Å². The van der Waals surface area contributed by atoms with Crippen LogP contribution in [0, 0.1) is 5.41 Å². The first-order valence-electron chi connectivity index (χ1n) is 6.56. The van der Waals surface area contributed by atoms with Gasteiger partial charge in [0, 0.05) is 20.1 Å². The topological polar surface area (TPSA) is 95.4 Å². The molecule has 1 fully saturated rings. The molecule has 7 nitrogen and oxygen atoms in total. The van der Waals surface area contributed by atoms with Crippen LogP contribution in [-0.4, -0.2) is 47.3 Å². The van der Waals surface area contributed by atoms with Gasteiger partial charge >= 0.3 is 5.97 Å². The highest BCUT2D eigenvalue weighted by Crippen LogP contribution is 2.35. The zero-order valence-electron chi connectivity index (χ0n) is 11.6. The van der Waals surface area contributed by atoms with Crippen molar-refractivity contribution in [2.75, 3.05) is 25.0 Å². The number of hydrogen-bond donors (Lipinski definition) is 2. The Kier molecular flexibility index (Phi) is 3.87. The number of rotatable bonds is 4. The standard InChI is InChI=1S/C13H18N4O3/c1-3-13(12(19)20)6-7-17(8-13)10-5-4-9(15-16-10)11(18)14-2/h4-5H,3,6-8H2,1-2H3,(H,14,18)(H,19,20). The molecule has 1 unspecified atom stereocenters. The molecule has 7 heteroatoms. The minimum absolute atomic E-state index is 0.246. The number of aliphatic carboxylic acids is 1. The third kappa shape index (κ3) is 2.43. The zero-order valence-corrected chi connectivity index (χ0v) is 11.6. The van der Waals surface area contributed by atoms with Gasteiger partial charge in [0.15, 0.2) is 11.5 Å². The van der Waals surface area contributed by atoms with Crippen molar-refractivity contribution in [3.63, 3.8) is 0 Å². The van der Waals surface area contributed by atoms with E-state index in [9.17, 15) is 14.7 Å². The first-order valence-corrected chi connectivity index (χ1v) is 6.56. The van der Waals surface area contributed by atoms with Crippen molar-refractivity contribution in [3.8, 4) is 0 Å². The molecule has 1 aliphatic heterocycles. The highest BCUT2D eigenvalue weighted by molar-refractivity contribution is 5.91. The fourth-order valence-corrected chi connectivity index (χ4v) is 2.43. The lowest BCUT2D eigenvalue weighted by molar-refractivity contribution is -0.147. The van der Waals surface area contributed by atoms with Crippen LogP contribution in [0.3, 0.4) is 0 Å². The Morgan fingerprint density at radius 3 is 2.65 bits per heavy atom.